The largest absolute Gasteiger partial charge is 0.508 e. The quantitative estimate of drug-likeness (QED) is 0.210. The molecule has 118 valence electrons. The van der Waals surface area contributed by atoms with Gasteiger partial charge in [-0.2, -0.15) is 12.6 Å². The van der Waals surface area contributed by atoms with Crippen LogP contribution >= 0.6 is 66.4 Å². The average Bonchev–Trinajstić information content (AvgIpc) is 2.55. The third kappa shape index (κ3) is 4.11. The second kappa shape index (κ2) is 8.54. The molecule has 2 atom stereocenters. The van der Waals surface area contributed by atoms with E-state index in [4.69, 9.17) is 0 Å². The van der Waals surface area contributed by atoms with Crippen molar-refractivity contribution in [2.24, 2.45) is 0 Å². The third-order valence-corrected chi connectivity index (χ3v) is 8.94. The summed E-state index contributed by atoms with van der Waals surface area (Å²) >= 11 is 9.24. The standard InChI is InChI=1S/C17H19I2OPS/c1-2-17(11-18,14-9-13(19)7-8-15(14)20)21-16-6-4-3-5-12(16)10-22/h3-9,20-22H,2,10-11H2,1H3. The molecule has 0 spiro atoms. The molecule has 0 saturated carbocycles. The monoisotopic (exact) mass is 556 g/mol. The lowest BCUT2D eigenvalue weighted by Gasteiger charge is -2.33. The molecule has 22 heavy (non-hydrogen) atoms. The lowest BCUT2D eigenvalue weighted by atomic mass is 9.96. The first-order chi connectivity index (χ1) is 10.6. The molecule has 5 heteroatoms. The van der Waals surface area contributed by atoms with E-state index < -0.39 is 0 Å². The first-order valence-corrected chi connectivity index (χ1v) is 11.3. The number of phenols is 1. The van der Waals surface area contributed by atoms with Gasteiger partial charge in [0.1, 0.15) is 5.75 Å². The zero-order chi connectivity index (χ0) is 16.2. The van der Waals surface area contributed by atoms with Crippen LogP contribution in [-0.4, -0.2) is 9.53 Å². The molecule has 1 nitrogen and oxygen atoms in total. The van der Waals surface area contributed by atoms with Crippen LogP contribution in [0, 0.1) is 3.57 Å². The van der Waals surface area contributed by atoms with Crippen molar-refractivity contribution in [2.45, 2.75) is 24.3 Å². The summed E-state index contributed by atoms with van der Waals surface area (Å²) in [5.41, 5.74) is 2.36. The van der Waals surface area contributed by atoms with Crippen LogP contribution in [0.4, 0.5) is 0 Å². The number of hydrogen-bond donors (Lipinski definition) is 2. The Kier molecular flexibility index (Phi) is 7.30. The van der Waals surface area contributed by atoms with Gasteiger partial charge in [-0.1, -0.05) is 62.4 Å². The Bertz CT molecular complexity index is 644. The Labute approximate surface area is 167 Å². The molecule has 0 amide bonds. The highest BCUT2D eigenvalue weighted by molar-refractivity contribution is 14.1. The van der Waals surface area contributed by atoms with Crippen molar-refractivity contribution in [3.63, 3.8) is 0 Å². The van der Waals surface area contributed by atoms with Crippen molar-refractivity contribution in [3.05, 3.63) is 57.2 Å². The van der Waals surface area contributed by atoms with Gasteiger partial charge in [0.15, 0.2) is 0 Å². The summed E-state index contributed by atoms with van der Waals surface area (Å²) in [5.74, 6) is 1.16. The normalized spacial score (nSPS) is 14.4. The molecule has 0 aliphatic rings. The van der Waals surface area contributed by atoms with E-state index in [1.165, 1.54) is 14.4 Å². The van der Waals surface area contributed by atoms with Crippen LogP contribution in [0.15, 0.2) is 42.5 Å². The lowest BCUT2D eigenvalue weighted by Crippen LogP contribution is -2.25. The average molecular weight is 556 g/mol. The molecular formula is C17H19I2OPS. The minimum atomic E-state index is -0.0229. The number of thiol groups is 1. The molecule has 1 N–H and O–H groups in total. The second-order valence-corrected chi connectivity index (χ2v) is 9.24. The Hall–Kier alpha value is 0.480. The number of benzene rings is 2. The van der Waals surface area contributed by atoms with Gasteiger partial charge in [0.25, 0.3) is 0 Å². The molecule has 2 aromatic carbocycles. The fourth-order valence-corrected chi connectivity index (χ4v) is 6.52. The van der Waals surface area contributed by atoms with Crippen molar-refractivity contribution in [1.29, 1.82) is 0 Å². The zero-order valence-corrected chi connectivity index (χ0v) is 18.5. The zero-order valence-electron chi connectivity index (χ0n) is 12.3. The summed E-state index contributed by atoms with van der Waals surface area (Å²) in [5, 5.41) is 11.8. The topological polar surface area (TPSA) is 20.2 Å². The van der Waals surface area contributed by atoms with E-state index in [1.807, 2.05) is 12.1 Å². The maximum Gasteiger partial charge on any atom is 0.119 e. The highest BCUT2D eigenvalue weighted by Gasteiger charge is 2.33. The second-order valence-electron chi connectivity index (χ2n) is 5.17. The fourth-order valence-electron chi connectivity index (χ4n) is 2.48. The highest BCUT2D eigenvalue weighted by Crippen LogP contribution is 2.49. The van der Waals surface area contributed by atoms with E-state index in [-0.39, 0.29) is 5.16 Å². The highest BCUT2D eigenvalue weighted by atomic mass is 127. The SMILES string of the molecule is CCC(CI)(Pc1ccccc1CS)c1cc(I)ccc1O. The van der Waals surface area contributed by atoms with Gasteiger partial charge in [0, 0.05) is 24.5 Å². The number of phenolic OH excluding ortho intramolecular Hbond substituents is 1. The Morgan fingerprint density at radius 2 is 1.95 bits per heavy atom. The van der Waals surface area contributed by atoms with Gasteiger partial charge in [-0.3, -0.25) is 0 Å². The third-order valence-electron chi connectivity index (χ3n) is 3.87. The first kappa shape index (κ1) is 18.8. The van der Waals surface area contributed by atoms with Gasteiger partial charge in [-0.05, 0) is 58.1 Å². The Morgan fingerprint density at radius 3 is 2.59 bits per heavy atom. The molecule has 0 saturated heterocycles. The summed E-state index contributed by atoms with van der Waals surface area (Å²) in [6, 6.07) is 14.4. The molecule has 0 radical (unpaired) electrons. The van der Waals surface area contributed by atoms with Gasteiger partial charge in [0.2, 0.25) is 0 Å². The van der Waals surface area contributed by atoms with E-state index >= 15 is 0 Å². The molecule has 0 bridgehead atoms. The van der Waals surface area contributed by atoms with Crippen molar-refractivity contribution in [2.75, 3.05) is 4.43 Å². The number of aromatic hydroxyl groups is 1. The van der Waals surface area contributed by atoms with E-state index in [0.717, 1.165) is 22.2 Å². The predicted molar refractivity (Wildman–Crippen MR) is 119 cm³/mol. The van der Waals surface area contributed by atoms with Gasteiger partial charge in [-0.15, -0.1) is 0 Å². The number of rotatable bonds is 6. The smallest absolute Gasteiger partial charge is 0.119 e. The number of alkyl halides is 1. The van der Waals surface area contributed by atoms with Crippen LogP contribution in [0.2, 0.25) is 0 Å². The summed E-state index contributed by atoms with van der Waals surface area (Å²) in [6.45, 7) is 2.22. The fraction of sp³-hybridized carbons (Fsp3) is 0.294. The molecular weight excluding hydrogens is 537 g/mol. The van der Waals surface area contributed by atoms with Crippen LogP contribution in [0.3, 0.4) is 0 Å². The molecule has 0 aromatic heterocycles. The van der Waals surface area contributed by atoms with Crippen LogP contribution in [0.1, 0.15) is 24.5 Å². The molecule has 0 aliphatic heterocycles. The van der Waals surface area contributed by atoms with Gasteiger partial charge < -0.3 is 5.11 Å². The van der Waals surface area contributed by atoms with Crippen LogP contribution < -0.4 is 5.30 Å². The van der Waals surface area contributed by atoms with Crippen LogP contribution in [-0.2, 0) is 10.9 Å². The first-order valence-electron chi connectivity index (χ1n) is 7.08. The molecule has 0 heterocycles. The lowest BCUT2D eigenvalue weighted by molar-refractivity contribution is 0.458. The van der Waals surface area contributed by atoms with Gasteiger partial charge in [0.05, 0.1) is 0 Å². The summed E-state index contributed by atoms with van der Waals surface area (Å²) in [4.78, 5) is 0. The van der Waals surface area contributed by atoms with Crippen LogP contribution in [0.5, 0.6) is 5.75 Å². The van der Waals surface area contributed by atoms with Crippen molar-refractivity contribution in [1.82, 2.24) is 0 Å². The van der Waals surface area contributed by atoms with Gasteiger partial charge in [-0.25, -0.2) is 0 Å². The van der Waals surface area contributed by atoms with E-state index in [0.29, 0.717) is 14.3 Å². The predicted octanol–water partition coefficient (Wildman–Crippen LogP) is 5.47. The maximum absolute atomic E-state index is 10.4. The van der Waals surface area contributed by atoms with Gasteiger partial charge >= 0.3 is 0 Å². The molecule has 0 fully saturated rings. The van der Waals surface area contributed by atoms with Crippen molar-refractivity contribution < 1.29 is 5.11 Å². The molecule has 2 unspecified atom stereocenters. The van der Waals surface area contributed by atoms with E-state index in [9.17, 15) is 5.11 Å². The summed E-state index contributed by atoms with van der Waals surface area (Å²) in [7, 11) is 0.622. The number of hydrogen-bond acceptors (Lipinski definition) is 2. The maximum atomic E-state index is 10.4. The molecule has 2 aromatic rings. The van der Waals surface area contributed by atoms with Crippen LogP contribution in [0.25, 0.3) is 0 Å². The Balaban J connectivity index is 2.50. The Morgan fingerprint density at radius 1 is 1.23 bits per heavy atom. The minimum absolute atomic E-state index is 0.0229. The molecule has 0 aliphatic carbocycles. The molecule has 2 rings (SSSR count). The number of halogens is 2. The van der Waals surface area contributed by atoms with E-state index in [2.05, 4.69) is 95.1 Å². The minimum Gasteiger partial charge on any atom is -0.508 e. The van der Waals surface area contributed by atoms with Crippen molar-refractivity contribution in [3.8, 4) is 5.75 Å². The summed E-state index contributed by atoms with van der Waals surface area (Å²) < 4.78 is 2.15. The van der Waals surface area contributed by atoms with E-state index in [1.54, 1.807) is 0 Å². The summed E-state index contributed by atoms with van der Waals surface area (Å²) in [6.07, 6.45) is 1.00. The van der Waals surface area contributed by atoms with Crippen molar-refractivity contribution >= 4 is 71.7 Å².